The van der Waals surface area contributed by atoms with Crippen LogP contribution >= 0.6 is 24.0 Å². The highest BCUT2D eigenvalue weighted by Crippen LogP contribution is 2.23. The quantitative estimate of drug-likeness (QED) is 0.922. The van der Waals surface area contributed by atoms with Crippen LogP contribution in [0.4, 0.5) is 4.39 Å². The molecule has 1 aliphatic heterocycles. The second-order valence-corrected chi connectivity index (χ2v) is 5.31. The number of nitrogens with two attached hydrogens (primary N) is 1. The van der Waals surface area contributed by atoms with Crippen LogP contribution in [0, 0.1) is 5.82 Å². The molecule has 7 heteroatoms. The van der Waals surface area contributed by atoms with E-state index < -0.39 is 5.82 Å². The van der Waals surface area contributed by atoms with Crippen molar-refractivity contribution in [2.75, 3.05) is 20.2 Å². The van der Waals surface area contributed by atoms with Gasteiger partial charge in [-0.25, -0.2) is 4.39 Å². The van der Waals surface area contributed by atoms with Gasteiger partial charge in [0.25, 0.3) is 5.91 Å². The Bertz CT molecular complexity index is 502. The smallest absolute Gasteiger partial charge is 0.254 e. The summed E-state index contributed by atoms with van der Waals surface area (Å²) >= 11 is 5.63. The zero-order chi connectivity index (χ0) is 14.7. The van der Waals surface area contributed by atoms with Crippen molar-refractivity contribution in [1.29, 1.82) is 0 Å². The van der Waals surface area contributed by atoms with Gasteiger partial charge >= 0.3 is 0 Å². The van der Waals surface area contributed by atoms with Crippen LogP contribution in [-0.4, -0.2) is 43.2 Å². The van der Waals surface area contributed by atoms with Gasteiger partial charge in [0, 0.05) is 31.8 Å². The van der Waals surface area contributed by atoms with Gasteiger partial charge in [0.15, 0.2) is 0 Å². The summed E-state index contributed by atoms with van der Waals surface area (Å²) in [5, 5.41) is 0.00927. The lowest BCUT2D eigenvalue weighted by molar-refractivity contribution is 0.0139. The molecular formula is C14H19Cl2FN2O2. The Labute approximate surface area is 134 Å². The minimum atomic E-state index is -0.589. The van der Waals surface area contributed by atoms with Crippen molar-refractivity contribution in [3.63, 3.8) is 0 Å². The van der Waals surface area contributed by atoms with E-state index in [1.807, 2.05) is 0 Å². The number of halogens is 3. The molecule has 1 fully saturated rings. The van der Waals surface area contributed by atoms with Gasteiger partial charge in [-0.2, -0.15) is 0 Å². The lowest BCUT2D eigenvalue weighted by atomic mass is 9.98. The van der Waals surface area contributed by atoms with Gasteiger partial charge in [0.2, 0.25) is 0 Å². The monoisotopic (exact) mass is 336 g/mol. The minimum absolute atomic E-state index is 0. The molecule has 1 aromatic carbocycles. The maximum absolute atomic E-state index is 13.5. The number of methoxy groups -OCH3 is 1. The summed E-state index contributed by atoms with van der Waals surface area (Å²) in [6.45, 7) is 0.922. The fraction of sp³-hybridized carbons (Fsp3) is 0.500. The Kier molecular flexibility index (Phi) is 6.87. The molecule has 0 radical (unpaired) electrons. The predicted octanol–water partition coefficient (Wildman–Crippen LogP) is 2.48. The lowest BCUT2D eigenvalue weighted by Crippen LogP contribution is -2.51. The number of nitrogens with zero attached hydrogens (tertiary/aromatic N) is 1. The molecule has 1 aromatic rings. The highest BCUT2D eigenvalue weighted by molar-refractivity contribution is 6.30. The molecule has 0 aromatic heterocycles. The van der Waals surface area contributed by atoms with Crippen molar-refractivity contribution >= 4 is 29.9 Å². The van der Waals surface area contributed by atoms with Gasteiger partial charge < -0.3 is 15.4 Å². The molecule has 2 unspecified atom stereocenters. The largest absolute Gasteiger partial charge is 0.381 e. The summed E-state index contributed by atoms with van der Waals surface area (Å²) in [6.07, 6.45) is 1.58. The maximum atomic E-state index is 13.5. The number of carbonyl (C=O) groups excluding carboxylic acids is 1. The number of likely N-dealkylation sites (tertiary alicyclic amines) is 1. The fourth-order valence-corrected chi connectivity index (χ4v) is 2.63. The SMILES string of the molecule is COC1CCN(C(=O)c2ccc(Cl)c(F)c2)C(CN)C1.Cl. The molecule has 1 saturated heterocycles. The molecule has 4 nitrogen and oxygen atoms in total. The van der Waals surface area contributed by atoms with Gasteiger partial charge in [0.1, 0.15) is 5.82 Å². The second kappa shape index (κ2) is 7.94. The molecule has 21 heavy (non-hydrogen) atoms. The first kappa shape index (κ1) is 18.2. The molecule has 2 atom stereocenters. The first-order chi connectivity index (χ1) is 9.56. The van der Waals surface area contributed by atoms with Crippen molar-refractivity contribution < 1.29 is 13.9 Å². The maximum Gasteiger partial charge on any atom is 0.254 e. The molecule has 2 N–H and O–H groups in total. The summed E-state index contributed by atoms with van der Waals surface area (Å²) < 4.78 is 18.8. The van der Waals surface area contributed by atoms with Crippen LogP contribution in [0.1, 0.15) is 23.2 Å². The van der Waals surface area contributed by atoms with Crippen LogP contribution in [-0.2, 0) is 4.74 Å². The normalized spacial score (nSPS) is 21.8. The Morgan fingerprint density at radius 2 is 2.29 bits per heavy atom. The van der Waals surface area contributed by atoms with E-state index in [0.29, 0.717) is 25.1 Å². The van der Waals surface area contributed by atoms with E-state index in [1.165, 1.54) is 18.2 Å². The Morgan fingerprint density at radius 3 is 2.86 bits per heavy atom. The topological polar surface area (TPSA) is 55.6 Å². The second-order valence-electron chi connectivity index (χ2n) is 4.90. The number of amides is 1. The van der Waals surface area contributed by atoms with Crippen LogP contribution in [0.15, 0.2) is 18.2 Å². The van der Waals surface area contributed by atoms with E-state index in [9.17, 15) is 9.18 Å². The first-order valence-corrected chi connectivity index (χ1v) is 6.93. The third-order valence-corrected chi connectivity index (χ3v) is 4.01. The van der Waals surface area contributed by atoms with Crippen LogP contribution in [0.3, 0.4) is 0 Å². The third-order valence-electron chi connectivity index (χ3n) is 3.70. The van der Waals surface area contributed by atoms with Gasteiger partial charge in [0.05, 0.1) is 11.1 Å². The number of ether oxygens (including phenoxy) is 1. The molecule has 0 aliphatic carbocycles. The molecular weight excluding hydrogens is 318 g/mol. The van der Waals surface area contributed by atoms with E-state index in [1.54, 1.807) is 12.0 Å². The Morgan fingerprint density at radius 1 is 1.57 bits per heavy atom. The predicted molar refractivity (Wildman–Crippen MR) is 82.6 cm³/mol. The zero-order valence-corrected chi connectivity index (χ0v) is 13.3. The van der Waals surface area contributed by atoms with Crippen LogP contribution < -0.4 is 5.73 Å². The van der Waals surface area contributed by atoms with Gasteiger partial charge in [-0.15, -0.1) is 12.4 Å². The molecule has 0 bridgehead atoms. The molecule has 0 saturated carbocycles. The van der Waals surface area contributed by atoms with E-state index in [0.717, 1.165) is 6.42 Å². The Balaban J connectivity index is 0.00000220. The number of hydrogen-bond donors (Lipinski definition) is 1. The van der Waals surface area contributed by atoms with E-state index >= 15 is 0 Å². The van der Waals surface area contributed by atoms with Crippen molar-refractivity contribution in [1.82, 2.24) is 4.90 Å². The van der Waals surface area contributed by atoms with Crippen molar-refractivity contribution in [3.8, 4) is 0 Å². The number of hydrogen-bond acceptors (Lipinski definition) is 3. The molecule has 2 rings (SSSR count). The minimum Gasteiger partial charge on any atom is -0.381 e. The highest BCUT2D eigenvalue weighted by Gasteiger charge is 2.31. The van der Waals surface area contributed by atoms with Gasteiger partial charge in [-0.1, -0.05) is 11.6 Å². The van der Waals surface area contributed by atoms with Crippen LogP contribution in [0.2, 0.25) is 5.02 Å². The highest BCUT2D eigenvalue weighted by atomic mass is 35.5. The molecule has 118 valence electrons. The van der Waals surface area contributed by atoms with E-state index in [-0.39, 0.29) is 35.5 Å². The van der Waals surface area contributed by atoms with E-state index in [4.69, 9.17) is 22.1 Å². The molecule has 1 amide bonds. The van der Waals surface area contributed by atoms with Crippen LogP contribution in [0.25, 0.3) is 0 Å². The Hall–Kier alpha value is -0.880. The summed E-state index contributed by atoms with van der Waals surface area (Å²) in [7, 11) is 1.66. The van der Waals surface area contributed by atoms with Crippen molar-refractivity contribution in [3.05, 3.63) is 34.6 Å². The zero-order valence-electron chi connectivity index (χ0n) is 11.7. The number of piperidine rings is 1. The standard InChI is InChI=1S/C14H18ClFN2O2.ClH/c1-20-11-4-5-18(10(7-11)8-17)14(19)9-2-3-12(15)13(16)6-9;/h2-3,6,10-11H,4-5,7-8,17H2,1H3;1H. The van der Waals surface area contributed by atoms with Gasteiger partial charge in [-0.3, -0.25) is 4.79 Å². The first-order valence-electron chi connectivity index (χ1n) is 6.55. The molecule has 1 aliphatic rings. The summed E-state index contributed by atoms with van der Waals surface area (Å²) in [4.78, 5) is 14.1. The summed E-state index contributed by atoms with van der Waals surface area (Å²) in [6, 6.07) is 4.01. The number of carbonyl (C=O) groups is 1. The van der Waals surface area contributed by atoms with Gasteiger partial charge in [-0.05, 0) is 31.0 Å². The average molecular weight is 337 g/mol. The van der Waals surface area contributed by atoms with Crippen molar-refractivity contribution in [2.24, 2.45) is 5.73 Å². The molecule has 0 spiro atoms. The number of rotatable bonds is 3. The third kappa shape index (κ3) is 4.07. The summed E-state index contributed by atoms with van der Waals surface area (Å²) in [5.41, 5.74) is 6.03. The summed E-state index contributed by atoms with van der Waals surface area (Å²) in [5.74, 6) is -0.806. The van der Waals surface area contributed by atoms with Crippen molar-refractivity contribution in [2.45, 2.75) is 25.0 Å². The van der Waals surface area contributed by atoms with Crippen LogP contribution in [0.5, 0.6) is 0 Å². The number of benzene rings is 1. The lowest BCUT2D eigenvalue weighted by Gasteiger charge is -2.38. The average Bonchev–Trinajstić information content (AvgIpc) is 2.48. The molecule has 1 heterocycles. The van der Waals surface area contributed by atoms with E-state index in [2.05, 4.69) is 0 Å². The fourth-order valence-electron chi connectivity index (χ4n) is 2.51.